The molecule has 1 saturated heterocycles. The Balaban J connectivity index is 1.96. The molecule has 2 aromatic carbocycles. The Bertz CT molecular complexity index is 1220. The molecule has 146 valence electrons. The first kappa shape index (κ1) is 19.0. The van der Waals surface area contributed by atoms with Gasteiger partial charge in [-0.15, -0.1) is 0 Å². The standard InChI is InChI=1S/C24H22N2O3/c1-16(25)20-15-18-8-6-7-17(11-13-24(2)14-12-21(27)29-24)22(18)23(28)26(20)19-9-4-3-5-10-19/h3-10,15-16H,12,14,25H2,1-2H3/t16-,24?/m0/s1. The number of aromatic nitrogens is 1. The van der Waals surface area contributed by atoms with Gasteiger partial charge < -0.3 is 10.5 Å². The van der Waals surface area contributed by atoms with Crippen LogP contribution in [0, 0.1) is 11.8 Å². The SMILES string of the molecule is C[C@H](N)c1cc2cccc(C#CC3(C)CCC(=O)O3)c2c(=O)n1-c1ccccc1. The molecule has 1 aliphatic rings. The van der Waals surface area contributed by atoms with E-state index in [0.29, 0.717) is 23.8 Å². The molecule has 0 radical (unpaired) electrons. The van der Waals surface area contributed by atoms with Crippen molar-refractivity contribution in [3.05, 3.63) is 76.2 Å². The number of benzene rings is 2. The van der Waals surface area contributed by atoms with Crippen LogP contribution in [0.3, 0.4) is 0 Å². The Morgan fingerprint density at radius 1 is 1.14 bits per heavy atom. The number of esters is 1. The average molecular weight is 386 g/mol. The van der Waals surface area contributed by atoms with Crippen LogP contribution in [0.25, 0.3) is 16.5 Å². The maximum atomic E-state index is 13.6. The molecule has 1 unspecified atom stereocenters. The van der Waals surface area contributed by atoms with Crippen LogP contribution in [0.4, 0.5) is 0 Å². The molecule has 0 bridgehead atoms. The van der Waals surface area contributed by atoms with Crippen LogP contribution in [0.2, 0.25) is 0 Å². The number of nitrogens with zero attached hydrogens (tertiary/aromatic N) is 1. The van der Waals surface area contributed by atoms with Crippen LogP contribution >= 0.6 is 0 Å². The van der Waals surface area contributed by atoms with Gasteiger partial charge in [0.25, 0.3) is 5.56 Å². The van der Waals surface area contributed by atoms with Crippen LogP contribution in [-0.4, -0.2) is 16.1 Å². The van der Waals surface area contributed by atoms with Crippen molar-refractivity contribution in [2.75, 3.05) is 0 Å². The zero-order valence-corrected chi connectivity index (χ0v) is 16.4. The van der Waals surface area contributed by atoms with E-state index in [9.17, 15) is 9.59 Å². The van der Waals surface area contributed by atoms with Gasteiger partial charge in [-0.25, -0.2) is 0 Å². The molecule has 4 rings (SSSR count). The fourth-order valence-electron chi connectivity index (χ4n) is 3.65. The summed E-state index contributed by atoms with van der Waals surface area (Å²) < 4.78 is 6.99. The molecule has 1 aromatic heterocycles. The number of hydrogen-bond donors (Lipinski definition) is 1. The molecule has 5 nitrogen and oxygen atoms in total. The van der Waals surface area contributed by atoms with E-state index >= 15 is 0 Å². The fourth-order valence-corrected chi connectivity index (χ4v) is 3.65. The Labute approximate surface area is 169 Å². The second-order valence-electron chi connectivity index (χ2n) is 7.56. The number of pyridine rings is 1. The van der Waals surface area contributed by atoms with Crippen LogP contribution in [0.1, 0.15) is 44.0 Å². The molecule has 0 spiro atoms. The molecule has 1 aliphatic heterocycles. The van der Waals surface area contributed by atoms with E-state index in [1.54, 1.807) is 11.5 Å². The second kappa shape index (κ2) is 7.23. The lowest BCUT2D eigenvalue weighted by Crippen LogP contribution is -2.26. The van der Waals surface area contributed by atoms with Gasteiger partial charge in [0.1, 0.15) is 0 Å². The Hall–Kier alpha value is -3.36. The highest BCUT2D eigenvalue weighted by molar-refractivity contribution is 5.88. The zero-order valence-electron chi connectivity index (χ0n) is 16.4. The largest absolute Gasteiger partial charge is 0.446 e. The van der Waals surface area contributed by atoms with Gasteiger partial charge in [-0.2, -0.15) is 0 Å². The number of carbonyl (C=O) groups is 1. The van der Waals surface area contributed by atoms with E-state index in [1.165, 1.54) is 0 Å². The first-order chi connectivity index (χ1) is 13.9. The van der Waals surface area contributed by atoms with E-state index in [1.807, 2.05) is 61.5 Å². The van der Waals surface area contributed by atoms with Gasteiger partial charge in [-0.3, -0.25) is 14.2 Å². The zero-order chi connectivity index (χ0) is 20.6. The Morgan fingerprint density at radius 3 is 2.55 bits per heavy atom. The summed E-state index contributed by atoms with van der Waals surface area (Å²) in [4.78, 5) is 25.0. The molecular formula is C24H22N2O3. The molecule has 1 fully saturated rings. The van der Waals surface area contributed by atoms with Crippen molar-refractivity contribution in [3.63, 3.8) is 0 Å². The van der Waals surface area contributed by atoms with Gasteiger partial charge in [-0.1, -0.05) is 42.2 Å². The van der Waals surface area contributed by atoms with Crippen LogP contribution in [-0.2, 0) is 9.53 Å². The quantitative estimate of drug-likeness (QED) is 0.541. The molecule has 0 saturated carbocycles. The lowest BCUT2D eigenvalue weighted by molar-refractivity contribution is -0.143. The van der Waals surface area contributed by atoms with Gasteiger partial charge in [0.05, 0.1) is 11.8 Å². The predicted molar refractivity (Wildman–Crippen MR) is 113 cm³/mol. The van der Waals surface area contributed by atoms with Crippen LogP contribution < -0.4 is 11.3 Å². The Morgan fingerprint density at radius 2 is 1.90 bits per heavy atom. The number of fused-ring (bicyclic) bond motifs is 1. The second-order valence-corrected chi connectivity index (χ2v) is 7.56. The molecular weight excluding hydrogens is 364 g/mol. The van der Waals surface area contributed by atoms with E-state index in [2.05, 4.69) is 11.8 Å². The van der Waals surface area contributed by atoms with Gasteiger partial charge in [0, 0.05) is 29.4 Å². The number of carbonyl (C=O) groups excluding carboxylic acids is 1. The summed E-state index contributed by atoms with van der Waals surface area (Å²) in [6, 6.07) is 16.6. The van der Waals surface area contributed by atoms with Crippen molar-refractivity contribution in [2.24, 2.45) is 5.73 Å². The maximum absolute atomic E-state index is 13.6. The monoisotopic (exact) mass is 386 g/mol. The summed E-state index contributed by atoms with van der Waals surface area (Å²) in [6.45, 7) is 3.66. The highest BCUT2D eigenvalue weighted by Gasteiger charge is 2.33. The van der Waals surface area contributed by atoms with Crippen molar-refractivity contribution in [2.45, 2.75) is 38.3 Å². The normalized spacial score (nSPS) is 19.5. The van der Waals surface area contributed by atoms with Gasteiger partial charge in [0.2, 0.25) is 0 Å². The van der Waals surface area contributed by atoms with E-state index < -0.39 is 5.60 Å². The highest BCUT2D eigenvalue weighted by atomic mass is 16.6. The lowest BCUT2D eigenvalue weighted by atomic mass is 10.0. The molecule has 5 heteroatoms. The fraction of sp³-hybridized carbons (Fsp3) is 0.250. The van der Waals surface area contributed by atoms with Gasteiger partial charge >= 0.3 is 5.97 Å². The van der Waals surface area contributed by atoms with Crippen molar-refractivity contribution in [1.82, 2.24) is 4.57 Å². The van der Waals surface area contributed by atoms with Gasteiger partial charge in [-0.05, 0) is 43.5 Å². The van der Waals surface area contributed by atoms with Crippen molar-refractivity contribution in [1.29, 1.82) is 0 Å². The molecule has 2 atom stereocenters. The minimum absolute atomic E-state index is 0.167. The first-order valence-electron chi connectivity index (χ1n) is 9.63. The number of rotatable bonds is 2. The molecule has 2 N–H and O–H groups in total. The van der Waals surface area contributed by atoms with Gasteiger partial charge in [0.15, 0.2) is 5.60 Å². The molecule has 29 heavy (non-hydrogen) atoms. The van der Waals surface area contributed by atoms with E-state index in [-0.39, 0.29) is 17.6 Å². The smallest absolute Gasteiger partial charge is 0.307 e. The van der Waals surface area contributed by atoms with Crippen molar-refractivity contribution < 1.29 is 9.53 Å². The predicted octanol–water partition coefficient (Wildman–Crippen LogP) is 3.46. The van der Waals surface area contributed by atoms with E-state index in [0.717, 1.165) is 16.8 Å². The molecule has 3 aromatic rings. The van der Waals surface area contributed by atoms with E-state index in [4.69, 9.17) is 10.5 Å². The minimum atomic E-state index is -0.816. The summed E-state index contributed by atoms with van der Waals surface area (Å²) >= 11 is 0. The molecule has 2 heterocycles. The number of ether oxygens (including phenoxy) is 1. The average Bonchev–Trinajstić information content (AvgIpc) is 3.05. The third-order valence-corrected chi connectivity index (χ3v) is 5.16. The number of nitrogens with two attached hydrogens (primary N) is 1. The molecule has 0 aliphatic carbocycles. The van der Waals surface area contributed by atoms with Crippen molar-refractivity contribution in [3.8, 4) is 17.5 Å². The summed E-state index contributed by atoms with van der Waals surface area (Å²) in [5, 5.41) is 1.32. The maximum Gasteiger partial charge on any atom is 0.307 e. The van der Waals surface area contributed by atoms with Crippen LogP contribution in [0.15, 0.2) is 59.4 Å². The summed E-state index contributed by atoms with van der Waals surface area (Å²) in [6.07, 6.45) is 0.909. The number of para-hydroxylation sites is 1. The third-order valence-electron chi connectivity index (χ3n) is 5.16. The topological polar surface area (TPSA) is 74.3 Å². The van der Waals surface area contributed by atoms with Crippen molar-refractivity contribution >= 4 is 16.7 Å². The highest BCUT2D eigenvalue weighted by Crippen LogP contribution is 2.26. The minimum Gasteiger partial charge on any atom is -0.446 e. The summed E-state index contributed by atoms with van der Waals surface area (Å²) in [7, 11) is 0. The first-order valence-corrected chi connectivity index (χ1v) is 9.63. The summed E-state index contributed by atoms with van der Waals surface area (Å²) in [5.74, 6) is 5.90. The lowest BCUT2D eigenvalue weighted by Gasteiger charge is -2.18. The number of hydrogen-bond acceptors (Lipinski definition) is 4. The number of cyclic esters (lactones) is 1. The van der Waals surface area contributed by atoms with Crippen LogP contribution in [0.5, 0.6) is 0 Å². The summed E-state index contributed by atoms with van der Waals surface area (Å²) in [5.41, 5.74) is 7.30. The Kier molecular flexibility index (Phi) is 4.73. The third kappa shape index (κ3) is 3.55. The molecule has 0 amide bonds.